The summed E-state index contributed by atoms with van der Waals surface area (Å²) in [5.41, 5.74) is 0.930. The summed E-state index contributed by atoms with van der Waals surface area (Å²) in [6.07, 6.45) is -0.496. The number of carbonyl (C=O) groups is 1. The fraction of sp³-hybridized carbons (Fsp3) is 0.294. The lowest BCUT2D eigenvalue weighted by atomic mass is 10.1. The van der Waals surface area contributed by atoms with Gasteiger partial charge in [-0.25, -0.2) is 9.78 Å². The minimum atomic E-state index is -0.525. The van der Waals surface area contributed by atoms with Crippen LogP contribution in [0.2, 0.25) is 5.15 Å². The number of rotatable bonds is 1. The summed E-state index contributed by atoms with van der Waals surface area (Å²) >= 11 is 6.11. The molecule has 5 heteroatoms. The van der Waals surface area contributed by atoms with E-state index in [0.29, 0.717) is 10.7 Å². The van der Waals surface area contributed by atoms with E-state index in [1.54, 1.807) is 20.8 Å². The van der Waals surface area contributed by atoms with Crippen molar-refractivity contribution in [2.24, 2.45) is 0 Å². The fourth-order valence-corrected chi connectivity index (χ4v) is 1.94. The van der Waals surface area contributed by atoms with E-state index in [9.17, 15) is 4.79 Å². The summed E-state index contributed by atoms with van der Waals surface area (Å²) in [5.74, 6) is 5.75. The van der Waals surface area contributed by atoms with Crippen LogP contribution in [-0.4, -0.2) is 23.2 Å². The molecule has 1 aromatic carbocycles. The average Bonchev–Trinajstić information content (AvgIpc) is 2.42. The number of nitrogens with one attached hydrogen (secondary N) is 1. The number of carbonyl (C=O) groups excluding carboxylic acids is 1. The summed E-state index contributed by atoms with van der Waals surface area (Å²) < 4.78 is 5.12. The van der Waals surface area contributed by atoms with Gasteiger partial charge in [-0.2, -0.15) is 0 Å². The topological polar surface area (TPSA) is 51.2 Å². The molecule has 0 saturated heterocycles. The summed E-state index contributed by atoms with van der Waals surface area (Å²) in [6, 6.07) is 9.55. The number of pyridine rings is 1. The highest BCUT2D eigenvalue weighted by Gasteiger charge is 2.15. The van der Waals surface area contributed by atoms with Crippen molar-refractivity contribution in [3.05, 3.63) is 41.0 Å². The van der Waals surface area contributed by atoms with Crippen LogP contribution in [0.1, 0.15) is 26.3 Å². The van der Waals surface area contributed by atoms with Gasteiger partial charge in [0.25, 0.3) is 0 Å². The Balaban J connectivity index is 2.03. The highest BCUT2D eigenvalue weighted by molar-refractivity contribution is 6.31. The molecule has 22 heavy (non-hydrogen) atoms. The van der Waals surface area contributed by atoms with Gasteiger partial charge in [-0.3, -0.25) is 0 Å². The van der Waals surface area contributed by atoms with Crippen molar-refractivity contribution in [2.75, 3.05) is 6.54 Å². The van der Waals surface area contributed by atoms with Crippen LogP contribution < -0.4 is 5.32 Å². The first kappa shape index (κ1) is 16.1. The first-order valence-electron chi connectivity index (χ1n) is 6.86. The van der Waals surface area contributed by atoms with Gasteiger partial charge >= 0.3 is 6.09 Å². The smallest absolute Gasteiger partial charge is 0.408 e. The van der Waals surface area contributed by atoms with Gasteiger partial charge in [0.1, 0.15) is 10.8 Å². The molecule has 0 spiro atoms. The van der Waals surface area contributed by atoms with E-state index < -0.39 is 11.7 Å². The van der Waals surface area contributed by atoms with Crippen LogP contribution in [0, 0.1) is 11.8 Å². The number of alkyl carbamates (subject to hydrolysis) is 1. The molecule has 2 aromatic rings. The molecule has 1 aromatic heterocycles. The van der Waals surface area contributed by atoms with Gasteiger partial charge < -0.3 is 10.1 Å². The molecule has 0 atom stereocenters. The van der Waals surface area contributed by atoms with Crippen LogP contribution in [0.3, 0.4) is 0 Å². The highest BCUT2D eigenvalue weighted by Crippen LogP contribution is 2.19. The molecule has 4 nitrogen and oxygen atoms in total. The van der Waals surface area contributed by atoms with Crippen molar-refractivity contribution < 1.29 is 9.53 Å². The Morgan fingerprint density at radius 1 is 1.36 bits per heavy atom. The number of hydrogen-bond donors (Lipinski definition) is 1. The van der Waals surface area contributed by atoms with E-state index in [2.05, 4.69) is 22.1 Å². The van der Waals surface area contributed by atoms with Gasteiger partial charge in [-0.1, -0.05) is 41.6 Å². The van der Waals surface area contributed by atoms with E-state index >= 15 is 0 Å². The van der Waals surface area contributed by atoms with Crippen LogP contribution >= 0.6 is 11.6 Å². The number of aromatic nitrogens is 1. The van der Waals surface area contributed by atoms with E-state index in [-0.39, 0.29) is 6.54 Å². The lowest BCUT2D eigenvalue weighted by Gasteiger charge is -2.19. The summed E-state index contributed by atoms with van der Waals surface area (Å²) in [6.45, 7) is 5.59. The van der Waals surface area contributed by atoms with Crippen LogP contribution in [0.25, 0.3) is 10.9 Å². The minimum absolute atomic E-state index is 0.179. The molecule has 0 unspecified atom stereocenters. The molecule has 1 heterocycles. The third kappa shape index (κ3) is 4.64. The second kappa shape index (κ2) is 6.67. The fourth-order valence-electron chi connectivity index (χ4n) is 1.75. The Bertz CT molecular complexity index is 755. The lowest BCUT2D eigenvalue weighted by molar-refractivity contribution is 0.0535. The number of halogens is 1. The second-order valence-electron chi connectivity index (χ2n) is 5.68. The predicted molar refractivity (Wildman–Crippen MR) is 87.9 cm³/mol. The van der Waals surface area contributed by atoms with E-state index in [4.69, 9.17) is 16.3 Å². The molecule has 1 N–H and O–H groups in total. The average molecular weight is 317 g/mol. The number of nitrogens with zero attached hydrogens (tertiary/aromatic N) is 1. The van der Waals surface area contributed by atoms with E-state index in [1.807, 2.05) is 30.3 Å². The first-order chi connectivity index (χ1) is 10.3. The zero-order valence-electron chi connectivity index (χ0n) is 12.7. The van der Waals surface area contributed by atoms with Crippen molar-refractivity contribution in [1.29, 1.82) is 0 Å². The van der Waals surface area contributed by atoms with Crippen molar-refractivity contribution in [3.8, 4) is 11.8 Å². The third-order valence-corrected chi connectivity index (χ3v) is 2.91. The van der Waals surface area contributed by atoms with Gasteiger partial charge in [-0.15, -0.1) is 0 Å². The minimum Gasteiger partial charge on any atom is -0.444 e. The van der Waals surface area contributed by atoms with E-state index in [1.165, 1.54) is 0 Å². The van der Waals surface area contributed by atoms with Crippen molar-refractivity contribution in [3.63, 3.8) is 0 Å². The molecule has 0 bridgehead atoms. The number of benzene rings is 1. The number of hydrogen-bond acceptors (Lipinski definition) is 3. The number of ether oxygens (including phenoxy) is 1. The molecule has 1 amide bonds. The molecule has 0 saturated carbocycles. The van der Waals surface area contributed by atoms with E-state index in [0.717, 1.165) is 10.9 Å². The maximum atomic E-state index is 11.5. The van der Waals surface area contributed by atoms with Crippen LogP contribution in [0.5, 0.6) is 0 Å². The van der Waals surface area contributed by atoms with Crippen LogP contribution in [-0.2, 0) is 4.74 Å². The molecular formula is C17H17ClN2O2. The number of fused-ring (bicyclic) bond motifs is 1. The first-order valence-corrected chi connectivity index (χ1v) is 7.24. The van der Waals surface area contributed by atoms with Gasteiger partial charge in [0.05, 0.1) is 17.6 Å². The molecular weight excluding hydrogens is 300 g/mol. The Kier molecular flexibility index (Phi) is 4.89. The molecule has 0 aliphatic rings. The quantitative estimate of drug-likeness (QED) is 0.643. The van der Waals surface area contributed by atoms with Crippen molar-refractivity contribution in [2.45, 2.75) is 26.4 Å². The Morgan fingerprint density at radius 2 is 2.09 bits per heavy atom. The maximum absolute atomic E-state index is 11.5. The SMILES string of the molecule is CC(C)(C)OC(=O)NCC#Cc1cc2ccccc2nc1Cl. The highest BCUT2D eigenvalue weighted by atomic mass is 35.5. The van der Waals surface area contributed by atoms with Gasteiger partial charge in [0, 0.05) is 5.39 Å². The van der Waals surface area contributed by atoms with Crippen molar-refractivity contribution >= 4 is 28.6 Å². The zero-order valence-corrected chi connectivity index (χ0v) is 13.5. The maximum Gasteiger partial charge on any atom is 0.408 e. The summed E-state index contributed by atoms with van der Waals surface area (Å²) in [7, 11) is 0. The van der Waals surface area contributed by atoms with Gasteiger partial charge in [0.2, 0.25) is 0 Å². The van der Waals surface area contributed by atoms with Gasteiger partial charge in [0.15, 0.2) is 0 Å². The lowest BCUT2D eigenvalue weighted by Crippen LogP contribution is -2.32. The Labute approximate surface area is 134 Å². The largest absolute Gasteiger partial charge is 0.444 e. The zero-order chi connectivity index (χ0) is 16.2. The Hall–Kier alpha value is -2.25. The normalized spacial score (nSPS) is 10.7. The molecule has 0 fully saturated rings. The van der Waals surface area contributed by atoms with Gasteiger partial charge in [-0.05, 0) is 32.9 Å². The molecule has 0 aliphatic carbocycles. The predicted octanol–water partition coefficient (Wildman–Crippen LogP) is 3.76. The summed E-state index contributed by atoms with van der Waals surface area (Å²) in [4.78, 5) is 15.8. The second-order valence-corrected chi connectivity index (χ2v) is 6.03. The monoisotopic (exact) mass is 316 g/mol. The van der Waals surface area contributed by atoms with Crippen LogP contribution in [0.4, 0.5) is 4.79 Å². The number of para-hydroxylation sites is 1. The third-order valence-electron chi connectivity index (χ3n) is 2.62. The molecule has 114 valence electrons. The molecule has 0 aliphatic heterocycles. The molecule has 0 radical (unpaired) electrons. The standard InChI is InChI=1S/C17H17ClN2O2/c1-17(2,3)22-16(21)19-10-6-8-13-11-12-7-4-5-9-14(12)20-15(13)18/h4-5,7,9,11H,10H2,1-3H3,(H,19,21). The Morgan fingerprint density at radius 3 is 2.82 bits per heavy atom. The van der Waals surface area contributed by atoms with Crippen LogP contribution in [0.15, 0.2) is 30.3 Å². The number of amides is 1. The molecule has 2 rings (SSSR count). The van der Waals surface area contributed by atoms with Crippen molar-refractivity contribution in [1.82, 2.24) is 10.3 Å². The summed E-state index contributed by atoms with van der Waals surface area (Å²) in [5, 5.41) is 3.89.